The zero-order valence-electron chi connectivity index (χ0n) is 11.4. The highest BCUT2D eigenvalue weighted by Crippen LogP contribution is 2.26. The standard InChI is InChI=1S/C14H23N3O/c1-4-14(5-2,10-15)13(18)17-11(3)12-8-6-7-9-16-12/h6-9,11H,4-5,10,15H2,1-3H3,(H,17,18)/t11-/m0/s1. The molecule has 4 nitrogen and oxygen atoms in total. The highest BCUT2D eigenvalue weighted by atomic mass is 16.2. The smallest absolute Gasteiger partial charge is 0.227 e. The SMILES string of the molecule is CCC(CC)(CN)C(=O)N[C@@H](C)c1ccccn1. The van der Waals surface area contributed by atoms with Crippen molar-refractivity contribution in [2.45, 2.75) is 39.7 Å². The van der Waals surface area contributed by atoms with E-state index in [9.17, 15) is 4.79 Å². The van der Waals surface area contributed by atoms with Gasteiger partial charge in [0.1, 0.15) is 0 Å². The van der Waals surface area contributed by atoms with Crippen LogP contribution in [0.15, 0.2) is 24.4 Å². The lowest BCUT2D eigenvalue weighted by molar-refractivity contribution is -0.131. The van der Waals surface area contributed by atoms with Crippen LogP contribution >= 0.6 is 0 Å². The molecular weight excluding hydrogens is 226 g/mol. The number of rotatable bonds is 6. The molecule has 0 aliphatic rings. The van der Waals surface area contributed by atoms with E-state index in [-0.39, 0.29) is 11.9 Å². The van der Waals surface area contributed by atoms with Crippen molar-refractivity contribution in [3.05, 3.63) is 30.1 Å². The summed E-state index contributed by atoms with van der Waals surface area (Å²) in [5.74, 6) is 0.0214. The van der Waals surface area contributed by atoms with Crippen molar-refractivity contribution >= 4 is 5.91 Å². The van der Waals surface area contributed by atoms with Crippen LogP contribution in [0.4, 0.5) is 0 Å². The van der Waals surface area contributed by atoms with E-state index in [0.29, 0.717) is 6.54 Å². The third kappa shape index (κ3) is 3.07. The van der Waals surface area contributed by atoms with E-state index < -0.39 is 5.41 Å². The minimum absolute atomic E-state index is 0.0214. The summed E-state index contributed by atoms with van der Waals surface area (Å²) >= 11 is 0. The van der Waals surface area contributed by atoms with E-state index >= 15 is 0 Å². The Hall–Kier alpha value is -1.42. The van der Waals surface area contributed by atoms with Crippen LogP contribution < -0.4 is 11.1 Å². The van der Waals surface area contributed by atoms with Crippen LogP contribution in [-0.2, 0) is 4.79 Å². The van der Waals surface area contributed by atoms with E-state index in [1.807, 2.05) is 39.0 Å². The Morgan fingerprint density at radius 3 is 2.56 bits per heavy atom. The number of amides is 1. The second-order valence-electron chi connectivity index (χ2n) is 4.64. The van der Waals surface area contributed by atoms with Crippen LogP contribution in [0.2, 0.25) is 0 Å². The lowest BCUT2D eigenvalue weighted by Crippen LogP contribution is -2.46. The van der Waals surface area contributed by atoms with E-state index in [2.05, 4.69) is 10.3 Å². The maximum absolute atomic E-state index is 12.3. The fourth-order valence-electron chi connectivity index (χ4n) is 2.01. The summed E-state index contributed by atoms with van der Waals surface area (Å²) in [6, 6.07) is 5.59. The summed E-state index contributed by atoms with van der Waals surface area (Å²) in [6.07, 6.45) is 3.23. The Morgan fingerprint density at radius 1 is 1.44 bits per heavy atom. The quantitative estimate of drug-likeness (QED) is 0.810. The van der Waals surface area contributed by atoms with Crippen molar-refractivity contribution in [1.29, 1.82) is 0 Å². The van der Waals surface area contributed by atoms with Gasteiger partial charge in [-0.15, -0.1) is 0 Å². The molecule has 3 N–H and O–H groups in total. The molecule has 0 aromatic carbocycles. The lowest BCUT2D eigenvalue weighted by atomic mass is 9.81. The van der Waals surface area contributed by atoms with Gasteiger partial charge >= 0.3 is 0 Å². The van der Waals surface area contributed by atoms with Crippen LogP contribution in [0.5, 0.6) is 0 Å². The second kappa shape index (κ2) is 6.50. The van der Waals surface area contributed by atoms with Crippen molar-refractivity contribution in [1.82, 2.24) is 10.3 Å². The molecule has 1 atom stereocenters. The molecular formula is C14H23N3O. The van der Waals surface area contributed by atoms with Crippen molar-refractivity contribution in [2.75, 3.05) is 6.54 Å². The van der Waals surface area contributed by atoms with Gasteiger partial charge in [0.2, 0.25) is 5.91 Å². The topological polar surface area (TPSA) is 68.0 Å². The van der Waals surface area contributed by atoms with Gasteiger partial charge in [0.25, 0.3) is 0 Å². The first-order chi connectivity index (χ1) is 8.59. The molecule has 0 saturated carbocycles. The van der Waals surface area contributed by atoms with Crippen LogP contribution in [0, 0.1) is 5.41 Å². The van der Waals surface area contributed by atoms with Crippen molar-refractivity contribution in [2.24, 2.45) is 11.1 Å². The molecule has 0 aliphatic heterocycles. The Bertz CT molecular complexity index is 366. The summed E-state index contributed by atoms with van der Waals surface area (Å²) < 4.78 is 0. The monoisotopic (exact) mass is 249 g/mol. The van der Waals surface area contributed by atoms with E-state index in [1.165, 1.54) is 0 Å². The highest BCUT2D eigenvalue weighted by Gasteiger charge is 2.34. The van der Waals surface area contributed by atoms with Gasteiger partial charge < -0.3 is 11.1 Å². The Kier molecular flexibility index (Phi) is 5.28. The molecule has 1 aromatic rings. The van der Waals surface area contributed by atoms with Gasteiger partial charge in [0.15, 0.2) is 0 Å². The van der Waals surface area contributed by atoms with Gasteiger partial charge in [-0.25, -0.2) is 0 Å². The van der Waals surface area contributed by atoms with Crippen LogP contribution in [0.3, 0.4) is 0 Å². The highest BCUT2D eigenvalue weighted by molar-refractivity contribution is 5.83. The third-order valence-corrected chi connectivity index (χ3v) is 3.70. The minimum Gasteiger partial charge on any atom is -0.347 e. The molecule has 1 amide bonds. The first kappa shape index (κ1) is 14.6. The molecule has 0 spiro atoms. The van der Waals surface area contributed by atoms with E-state index in [0.717, 1.165) is 18.5 Å². The van der Waals surface area contributed by atoms with Crippen molar-refractivity contribution in [3.8, 4) is 0 Å². The van der Waals surface area contributed by atoms with E-state index in [4.69, 9.17) is 5.73 Å². The molecule has 0 radical (unpaired) electrons. The second-order valence-corrected chi connectivity index (χ2v) is 4.64. The summed E-state index contributed by atoms with van der Waals surface area (Å²) in [7, 11) is 0. The number of carbonyl (C=O) groups is 1. The van der Waals surface area contributed by atoms with Gasteiger partial charge in [-0.3, -0.25) is 9.78 Å². The van der Waals surface area contributed by atoms with Gasteiger partial charge in [-0.05, 0) is 31.9 Å². The van der Waals surface area contributed by atoms with Crippen LogP contribution in [0.1, 0.15) is 45.3 Å². The molecule has 0 aliphatic carbocycles. The van der Waals surface area contributed by atoms with Crippen molar-refractivity contribution in [3.63, 3.8) is 0 Å². The summed E-state index contributed by atoms with van der Waals surface area (Å²) in [5, 5.41) is 3.01. The molecule has 1 aromatic heterocycles. The molecule has 4 heteroatoms. The number of hydrogen-bond donors (Lipinski definition) is 2. The molecule has 0 saturated heterocycles. The molecule has 100 valence electrons. The average molecular weight is 249 g/mol. The zero-order valence-corrected chi connectivity index (χ0v) is 11.4. The molecule has 0 bridgehead atoms. The van der Waals surface area contributed by atoms with Gasteiger partial charge in [0.05, 0.1) is 17.2 Å². The predicted octanol–water partition coefficient (Wildman–Crippen LogP) is 2.02. The summed E-state index contributed by atoms with van der Waals surface area (Å²) in [6.45, 7) is 6.32. The first-order valence-electron chi connectivity index (χ1n) is 6.51. The summed E-state index contributed by atoms with van der Waals surface area (Å²) in [4.78, 5) is 16.6. The maximum atomic E-state index is 12.3. The maximum Gasteiger partial charge on any atom is 0.227 e. The van der Waals surface area contributed by atoms with Gasteiger partial charge in [-0.2, -0.15) is 0 Å². The number of pyridine rings is 1. The number of aromatic nitrogens is 1. The average Bonchev–Trinajstić information content (AvgIpc) is 2.42. The fraction of sp³-hybridized carbons (Fsp3) is 0.571. The van der Waals surface area contributed by atoms with Gasteiger partial charge in [0, 0.05) is 12.7 Å². The number of nitrogens with one attached hydrogen (secondary N) is 1. The lowest BCUT2D eigenvalue weighted by Gasteiger charge is -2.30. The molecule has 0 unspecified atom stereocenters. The molecule has 0 fully saturated rings. The molecule has 1 rings (SSSR count). The number of nitrogens with zero attached hydrogens (tertiary/aromatic N) is 1. The fourth-order valence-corrected chi connectivity index (χ4v) is 2.01. The van der Waals surface area contributed by atoms with Crippen LogP contribution in [-0.4, -0.2) is 17.4 Å². The predicted molar refractivity (Wildman–Crippen MR) is 72.9 cm³/mol. The molecule has 18 heavy (non-hydrogen) atoms. The Labute approximate surface area is 109 Å². The van der Waals surface area contributed by atoms with Crippen LogP contribution in [0.25, 0.3) is 0 Å². The third-order valence-electron chi connectivity index (χ3n) is 3.70. The largest absolute Gasteiger partial charge is 0.347 e. The van der Waals surface area contributed by atoms with Gasteiger partial charge in [-0.1, -0.05) is 19.9 Å². The number of hydrogen-bond acceptors (Lipinski definition) is 3. The molecule has 1 heterocycles. The Morgan fingerprint density at radius 2 is 2.11 bits per heavy atom. The number of nitrogens with two attached hydrogens (primary N) is 1. The normalized spacial score (nSPS) is 13.1. The summed E-state index contributed by atoms with van der Waals surface area (Å²) in [5.41, 5.74) is 6.18. The Balaban J connectivity index is 2.75. The van der Waals surface area contributed by atoms with Crippen molar-refractivity contribution < 1.29 is 4.79 Å². The number of carbonyl (C=O) groups excluding carboxylic acids is 1. The van der Waals surface area contributed by atoms with E-state index in [1.54, 1.807) is 6.20 Å². The minimum atomic E-state index is -0.455. The zero-order chi connectivity index (χ0) is 13.6. The first-order valence-corrected chi connectivity index (χ1v) is 6.51.